The number of anilines is 1. The molecule has 1 saturated heterocycles. The summed E-state index contributed by atoms with van der Waals surface area (Å²) in [5.74, 6) is 2.02. The average Bonchev–Trinajstić information content (AvgIpc) is 3.17. The third-order valence-electron chi connectivity index (χ3n) is 5.03. The maximum atomic E-state index is 13.4. The van der Waals surface area contributed by atoms with E-state index in [-0.39, 0.29) is 11.7 Å². The smallest absolute Gasteiger partial charge is 0.222 e. The van der Waals surface area contributed by atoms with Crippen molar-refractivity contribution in [2.45, 2.75) is 18.6 Å². The van der Waals surface area contributed by atoms with Crippen molar-refractivity contribution < 1.29 is 9.18 Å². The van der Waals surface area contributed by atoms with Crippen LogP contribution in [0.15, 0.2) is 48.5 Å². The minimum Gasteiger partial charge on any atom is -0.345 e. The van der Waals surface area contributed by atoms with Gasteiger partial charge < -0.3 is 9.80 Å². The van der Waals surface area contributed by atoms with Crippen molar-refractivity contribution in [1.29, 1.82) is 0 Å². The van der Waals surface area contributed by atoms with Gasteiger partial charge in [-0.05, 0) is 35.9 Å². The van der Waals surface area contributed by atoms with Crippen LogP contribution in [0.5, 0.6) is 0 Å². The molecule has 1 aromatic heterocycles. The van der Waals surface area contributed by atoms with Crippen molar-refractivity contribution in [2.24, 2.45) is 0 Å². The molecule has 4 rings (SSSR count). The molecule has 1 fully saturated rings. The Bertz CT molecular complexity index is 955. The van der Waals surface area contributed by atoms with E-state index in [4.69, 9.17) is 0 Å². The molecule has 0 aliphatic carbocycles. The number of carbonyl (C=O) groups is 1. The van der Waals surface area contributed by atoms with Crippen LogP contribution in [0, 0.1) is 5.82 Å². The number of hydrogen-bond acceptors (Lipinski definition) is 5. The maximum absolute atomic E-state index is 13.4. The number of thiazole rings is 1. The average molecular weight is 430 g/mol. The maximum Gasteiger partial charge on any atom is 0.222 e. The lowest BCUT2D eigenvalue weighted by Crippen LogP contribution is -2.48. The summed E-state index contributed by atoms with van der Waals surface area (Å²) in [6.45, 7) is 2.99. The zero-order valence-corrected chi connectivity index (χ0v) is 17.9. The van der Waals surface area contributed by atoms with E-state index >= 15 is 0 Å². The second kappa shape index (κ2) is 9.59. The summed E-state index contributed by atoms with van der Waals surface area (Å²) in [6.07, 6.45) is 1.53. The topological polar surface area (TPSA) is 36.4 Å². The molecule has 152 valence electrons. The summed E-state index contributed by atoms with van der Waals surface area (Å²) in [7, 11) is 0. The number of benzene rings is 2. The lowest BCUT2D eigenvalue weighted by Gasteiger charge is -2.34. The lowest BCUT2D eigenvalue weighted by atomic mass is 10.2. The molecule has 1 amide bonds. The molecule has 0 spiro atoms. The summed E-state index contributed by atoms with van der Waals surface area (Å²) in [6, 6.07) is 15.1. The van der Waals surface area contributed by atoms with Crippen LogP contribution >= 0.6 is 23.1 Å². The van der Waals surface area contributed by atoms with E-state index in [1.807, 2.05) is 22.7 Å². The van der Waals surface area contributed by atoms with E-state index in [9.17, 15) is 9.18 Å². The van der Waals surface area contributed by atoms with Crippen molar-refractivity contribution in [3.63, 3.8) is 0 Å². The highest BCUT2D eigenvalue weighted by molar-refractivity contribution is 7.98. The zero-order chi connectivity index (χ0) is 20.1. The molecule has 4 nitrogen and oxygen atoms in total. The Morgan fingerprint density at radius 3 is 2.69 bits per heavy atom. The Hall–Kier alpha value is -2.12. The van der Waals surface area contributed by atoms with Gasteiger partial charge >= 0.3 is 0 Å². The van der Waals surface area contributed by atoms with Gasteiger partial charge in [-0.15, -0.1) is 0 Å². The van der Waals surface area contributed by atoms with Crippen molar-refractivity contribution >= 4 is 44.4 Å². The highest BCUT2D eigenvalue weighted by Crippen LogP contribution is 2.30. The highest BCUT2D eigenvalue weighted by atomic mass is 32.2. The third kappa shape index (κ3) is 5.28. The zero-order valence-electron chi connectivity index (χ0n) is 16.2. The standard InChI is InChI=1S/C22H24FN3OS2/c23-18-8-9-19-20(15-18)29-22(24-19)26-12-10-25(11-13-26)21(27)7-4-14-28-16-17-5-2-1-3-6-17/h1-3,5-6,8-9,15H,4,7,10-14,16H2. The molecule has 3 aromatic rings. The van der Waals surface area contributed by atoms with E-state index in [0.29, 0.717) is 6.42 Å². The summed E-state index contributed by atoms with van der Waals surface area (Å²) >= 11 is 3.40. The monoisotopic (exact) mass is 429 g/mol. The summed E-state index contributed by atoms with van der Waals surface area (Å²) in [5.41, 5.74) is 2.16. The van der Waals surface area contributed by atoms with Crippen LogP contribution in [0.3, 0.4) is 0 Å². The van der Waals surface area contributed by atoms with Crippen molar-refractivity contribution in [3.05, 3.63) is 59.9 Å². The second-order valence-electron chi connectivity index (χ2n) is 7.12. The molecule has 0 atom stereocenters. The Morgan fingerprint density at radius 2 is 1.90 bits per heavy atom. The number of thioether (sulfide) groups is 1. The van der Waals surface area contributed by atoms with Crippen LogP contribution in [0.25, 0.3) is 10.2 Å². The number of carbonyl (C=O) groups excluding carboxylic acids is 1. The van der Waals surface area contributed by atoms with Crippen molar-refractivity contribution in [3.8, 4) is 0 Å². The fraction of sp³-hybridized carbons (Fsp3) is 0.364. The van der Waals surface area contributed by atoms with Gasteiger partial charge in [-0.2, -0.15) is 11.8 Å². The normalized spacial score (nSPS) is 14.5. The van der Waals surface area contributed by atoms with Crippen LogP contribution in [0.1, 0.15) is 18.4 Å². The molecule has 2 aromatic carbocycles. The molecule has 0 radical (unpaired) electrons. The van der Waals surface area contributed by atoms with E-state index in [1.54, 1.807) is 6.07 Å². The first-order valence-corrected chi connectivity index (χ1v) is 11.9. The number of rotatable bonds is 7. The molecule has 7 heteroatoms. The number of aromatic nitrogens is 1. The number of amides is 1. The van der Waals surface area contributed by atoms with Gasteiger partial charge in [-0.3, -0.25) is 4.79 Å². The molecule has 0 unspecified atom stereocenters. The number of hydrogen-bond donors (Lipinski definition) is 0. The summed E-state index contributed by atoms with van der Waals surface area (Å²) in [5, 5.41) is 0.912. The Morgan fingerprint density at radius 1 is 1.10 bits per heavy atom. The van der Waals surface area contributed by atoms with Gasteiger partial charge in [0, 0.05) is 38.4 Å². The number of fused-ring (bicyclic) bond motifs is 1. The fourth-order valence-electron chi connectivity index (χ4n) is 3.42. The van der Waals surface area contributed by atoms with Gasteiger partial charge in [-0.25, -0.2) is 9.37 Å². The van der Waals surface area contributed by atoms with Crippen molar-refractivity contribution in [1.82, 2.24) is 9.88 Å². The molecular weight excluding hydrogens is 405 g/mol. The van der Waals surface area contributed by atoms with Gasteiger partial charge in [0.05, 0.1) is 10.2 Å². The lowest BCUT2D eigenvalue weighted by molar-refractivity contribution is -0.131. The number of nitrogens with zero attached hydrogens (tertiary/aromatic N) is 3. The molecule has 0 saturated carbocycles. The Labute approximate surface area is 178 Å². The largest absolute Gasteiger partial charge is 0.345 e. The van der Waals surface area contributed by atoms with Gasteiger partial charge in [0.15, 0.2) is 5.13 Å². The minimum atomic E-state index is -0.231. The first kappa shape index (κ1) is 20.2. The number of halogens is 1. The van der Waals surface area contributed by atoms with Gasteiger partial charge in [0.2, 0.25) is 5.91 Å². The number of piperazine rings is 1. The highest BCUT2D eigenvalue weighted by Gasteiger charge is 2.22. The van der Waals surface area contributed by atoms with Crippen molar-refractivity contribution in [2.75, 3.05) is 36.8 Å². The second-order valence-corrected chi connectivity index (χ2v) is 9.23. The molecule has 29 heavy (non-hydrogen) atoms. The molecule has 1 aliphatic rings. The predicted molar refractivity (Wildman–Crippen MR) is 120 cm³/mol. The first-order chi connectivity index (χ1) is 14.2. The van der Waals surface area contributed by atoms with Gasteiger partial charge in [-0.1, -0.05) is 41.7 Å². The van der Waals surface area contributed by atoms with Gasteiger partial charge in [0.25, 0.3) is 0 Å². The third-order valence-corrected chi connectivity index (χ3v) is 7.23. The summed E-state index contributed by atoms with van der Waals surface area (Å²) < 4.78 is 14.3. The van der Waals surface area contributed by atoms with E-state index in [1.165, 1.54) is 29.0 Å². The van der Waals surface area contributed by atoms with Crippen LogP contribution in [0.2, 0.25) is 0 Å². The molecule has 2 heterocycles. The Kier molecular flexibility index (Phi) is 6.67. The fourth-order valence-corrected chi connectivity index (χ4v) is 5.38. The van der Waals surface area contributed by atoms with E-state index in [0.717, 1.165) is 59.5 Å². The van der Waals surface area contributed by atoms with E-state index < -0.39 is 0 Å². The van der Waals surface area contributed by atoms with E-state index in [2.05, 4.69) is 34.1 Å². The molecule has 0 bridgehead atoms. The molecule has 0 N–H and O–H groups in total. The first-order valence-electron chi connectivity index (χ1n) is 9.89. The van der Waals surface area contributed by atoms with Crippen LogP contribution in [-0.2, 0) is 10.5 Å². The van der Waals surface area contributed by atoms with Gasteiger partial charge in [0.1, 0.15) is 5.82 Å². The minimum absolute atomic E-state index is 0.231. The SMILES string of the molecule is O=C(CCCSCc1ccccc1)N1CCN(c2nc3ccc(F)cc3s2)CC1. The summed E-state index contributed by atoms with van der Waals surface area (Å²) in [4.78, 5) is 21.3. The molecular formula is C22H24FN3OS2. The predicted octanol–water partition coefficient (Wildman–Crippen LogP) is 4.80. The van der Waals surface area contributed by atoms with Crippen LogP contribution < -0.4 is 4.90 Å². The molecule has 1 aliphatic heterocycles. The Balaban J connectivity index is 1.19. The van der Waals surface area contributed by atoms with Crippen LogP contribution in [-0.4, -0.2) is 47.7 Å². The quantitative estimate of drug-likeness (QED) is 0.506. The van der Waals surface area contributed by atoms with Crippen LogP contribution in [0.4, 0.5) is 9.52 Å².